The van der Waals surface area contributed by atoms with Crippen molar-refractivity contribution in [2.75, 3.05) is 6.54 Å². The zero-order chi connectivity index (χ0) is 12.8. The van der Waals surface area contributed by atoms with Gasteiger partial charge >= 0.3 is 0 Å². The van der Waals surface area contributed by atoms with Gasteiger partial charge in [-0.2, -0.15) is 5.10 Å². The predicted molar refractivity (Wildman–Crippen MR) is 71.7 cm³/mol. The molecule has 0 saturated heterocycles. The number of aromatic amines is 2. The molecule has 0 spiro atoms. The van der Waals surface area contributed by atoms with Crippen molar-refractivity contribution in [2.24, 2.45) is 0 Å². The normalized spacial score (nSPS) is 19.6. The predicted octanol–water partition coefficient (Wildman–Crippen LogP) is 1.88. The lowest BCUT2D eigenvalue weighted by atomic mass is 10.1. The minimum Gasteiger partial charge on any atom is -0.345 e. The molecule has 0 amide bonds. The van der Waals surface area contributed by atoms with E-state index in [4.69, 9.17) is 0 Å². The third kappa shape index (κ3) is 2.18. The van der Waals surface area contributed by atoms with Crippen LogP contribution in [0.15, 0.2) is 6.07 Å². The molecule has 2 aromatic rings. The fourth-order valence-electron chi connectivity index (χ4n) is 2.92. The molecule has 3 heterocycles. The Morgan fingerprint density at radius 2 is 2.32 bits per heavy atom. The second-order valence-electron chi connectivity index (χ2n) is 5.80. The van der Waals surface area contributed by atoms with Crippen LogP contribution in [0, 0.1) is 6.92 Å². The van der Waals surface area contributed by atoms with Crippen LogP contribution in [0.25, 0.3) is 0 Å². The SMILES string of the molecule is Cc1nc2c([nH]1)CN(Cc1cc(C3CC3)n[nH]1)CC2. The monoisotopic (exact) mass is 257 g/mol. The van der Waals surface area contributed by atoms with Gasteiger partial charge in [-0.3, -0.25) is 10.00 Å². The van der Waals surface area contributed by atoms with Crippen molar-refractivity contribution in [3.05, 3.63) is 34.7 Å². The second kappa shape index (κ2) is 4.20. The van der Waals surface area contributed by atoms with Crippen LogP contribution in [0.2, 0.25) is 0 Å². The average Bonchev–Trinajstić information content (AvgIpc) is 3.02. The zero-order valence-electron chi connectivity index (χ0n) is 11.2. The Hall–Kier alpha value is -1.62. The number of rotatable bonds is 3. The first-order valence-electron chi connectivity index (χ1n) is 7.09. The molecule has 1 aliphatic carbocycles. The first kappa shape index (κ1) is 11.2. The molecule has 5 nitrogen and oxygen atoms in total. The smallest absolute Gasteiger partial charge is 0.103 e. The summed E-state index contributed by atoms with van der Waals surface area (Å²) < 4.78 is 0. The molecule has 1 fully saturated rings. The summed E-state index contributed by atoms with van der Waals surface area (Å²) in [6, 6.07) is 2.24. The fourth-order valence-corrected chi connectivity index (χ4v) is 2.92. The number of hydrogen-bond acceptors (Lipinski definition) is 3. The molecule has 2 N–H and O–H groups in total. The summed E-state index contributed by atoms with van der Waals surface area (Å²) in [5, 5.41) is 7.61. The Bertz CT molecular complexity index is 593. The van der Waals surface area contributed by atoms with Crippen molar-refractivity contribution in [3.8, 4) is 0 Å². The number of nitrogens with one attached hydrogen (secondary N) is 2. The maximum Gasteiger partial charge on any atom is 0.103 e. The molecule has 100 valence electrons. The Kier molecular flexibility index (Phi) is 2.48. The molecule has 0 aromatic carbocycles. The number of imidazole rings is 1. The first-order valence-corrected chi connectivity index (χ1v) is 7.09. The van der Waals surface area contributed by atoms with Gasteiger partial charge in [0.25, 0.3) is 0 Å². The lowest BCUT2D eigenvalue weighted by Crippen LogP contribution is -2.30. The van der Waals surface area contributed by atoms with E-state index >= 15 is 0 Å². The van der Waals surface area contributed by atoms with Gasteiger partial charge in [-0.05, 0) is 25.8 Å². The molecule has 4 rings (SSSR count). The highest BCUT2D eigenvalue weighted by molar-refractivity contribution is 5.20. The van der Waals surface area contributed by atoms with Crippen LogP contribution in [0.1, 0.15) is 47.4 Å². The number of aromatic nitrogens is 4. The van der Waals surface area contributed by atoms with E-state index in [-0.39, 0.29) is 0 Å². The standard InChI is InChI=1S/C14H19N5/c1-9-15-12-4-5-19(8-14(12)16-9)7-11-6-13(18-17-11)10-2-3-10/h6,10H,2-5,7-8H2,1H3,(H,15,16)(H,17,18). The topological polar surface area (TPSA) is 60.6 Å². The summed E-state index contributed by atoms with van der Waals surface area (Å²) >= 11 is 0. The number of aryl methyl sites for hydroxylation is 1. The maximum absolute atomic E-state index is 4.53. The molecule has 2 aromatic heterocycles. The van der Waals surface area contributed by atoms with Crippen molar-refractivity contribution in [1.29, 1.82) is 0 Å². The molecule has 0 bridgehead atoms. The Morgan fingerprint density at radius 3 is 3.16 bits per heavy atom. The van der Waals surface area contributed by atoms with Gasteiger partial charge in [0.1, 0.15) is 5.82 Å². The Balaban J connectivity index is 1.45. The van der Waals surface area contributed by atoms with Gasteiger partial charge in [0, 0.05) is 37.7 Å². The van der Waals surface area contributed by atoms with E-state index in [9.17, 15) is 0 Å². The third-order valence-electron chi connectivity index (χ3n) is 4.07. The van der Waals surface area contributed by atoms with Crippen LogP contribution in [0.5, 0.6) is 0 Å². The minimum atomic E-state index is 0.730. The summed E-state index contributed by atoms with van der Waals surface area (Å²) in [6.45, 7) is 5.03. The van der Waals surface area contributed by atoms with E-state index in [0.717, 1.165) is 37.8 Å². The van der Waals surface area contributed by atoms with Gasteiger partial charge in [-0.15, -0.1) is 0 Å². The highest BCUT2D eigenvalue weighted by atomic mass is 15.2. The summed E-state index contributed by atoms with van der Waals surface area (Å²) in [7, 11) is 0. The number of H-pyrrole nitrogens is 2. The highest BCUT2D eigenvalue weighted by Crippen LogP contribution is 2.39. The van der Waals surface area contributed by atoms with Crippen LogP contribution < -0.4 is 0 Å². The number of hydrogen-bond donors (Lipinski definition) is 2. The van der Waals surface area contributed by atoms with Gasteiger partial charge in [0.2, 0.25) is 0 Å². The van der Waals surface area contributed by atoms with Crippen LogP contribution in [0.3, 0.4) is 0 Å². The number of nitrogens with zero attached hydrogens (tertiary/aromatic N) is 3. The van der Waals surface area contributed by atoms with Gasteiger partial charge in [-0.25, -0.2) is 4.98 Å². The van der Waals surface area contributed by atoms with E-state index in [2.05, 4.69) is 31.1 Å². The molecule has 0 unspecified atom stereocenters. The Morgan fingerprint density at radius 1 is 1.42 bits per heavy atom. The van der Waals surface area contributed by atoms with Crippen LogP contribution >= 0.6 is 0 Å². The fraction of sp³-hybridized carbons (Fsp3) is 0.571. The Labute approximate surface area is 112 Å². The summed E-state index contributed by atoms with van der Waals surface area (Å²) in [4.78, 5) is 10.3. The van der Waals surface area contributed by atoms with Gasteiger partial charge in [0.05, 0.1) is 17.1 Å². The van der Waals surface area contributed by atoms with Crippen LogP contribution in [-0.4, -0.2) is 31.6 Å². The van der Waals surface area contributed by atoms with Crippen LogP contribution in [-0.2, 0) is 19.5 Å². The third-order valence-corrected chi connectivity index (χ3v) is 4.07. The molecular formula is C14H19N5. The molecular weight excluding hydrogens is 238 g/mol. The lowest BCUT2D eigenvalue weighted by molar-refractivity contribution is 0.238. The molecule has 1 aliphatic heterocycles. The quantitative estimate of drug-likeness (QED) is 0.882. The zero-order valence-corrected chi connectivity index (χ0v) is 11.2. The van der Waals surface area contributed by atoms with E-state index in [1.54, 1.807) is 0 Å². The van der Waals surface area contributed by atoms with Gasteiger partial charge in [-0.1, -0.05) is 0 Å². The molecule has 1 saturated carbocycles. The van der Waals surface area contributed by atoms with E-state index in [1.165, 1.54) is 35.6 Å². The van der Waals surface area contributed by atoms with Gasteiger partial charge in [0.15, 0.2) is 0 Å². The van der Waals surface area contributed by atoms with Crippen molar-refractivity contribution < 1.29 is 0 Å². The lowest BCUT2D eigenvalue weighted by Gasteiger charge is -2.25. The molecule has 0 radical (unpaired) electrons. The first-order chi connectivity index (χ1) is 9.28. The summed E-state index contributed by atoms with van der Waals surface area (Å²) in [6.07, 6.45) is 3.67. The van der Waals surface area contributed by atoms with Crippen LogP contribution in [0.4, 0.5) is 0 Å². The van der Waals surface area contributed by atoms with E-state index in [0.29, 0.717) is 0 Å². The largest absolute Gasteiger partial charge is 0.345 e. The minimum absolute atomic E-state index is 0.730. The molecule has 0 atom stereocenters. The molecule has 19 heavy (non-hydrogen) atoms. The van der Waals surface area contributed by atoms with Crippen molar-refractivity contribution in [1.82, 2.24) is 25.1 Å². The summed E-state index contributed by atoms with van der Waals surface area (Å²) in [5.74, 6) is 1.76. The average molecular weight is 257 g/mol. The van der Waals surface area contributed by atoms with Crippen molar-refractivity contribution >= 4 is 0 Å². The second-order valence-corrected chi connectivity index (χ2v) is 5.80. The highest BCUT2D eigenvalue weighted by Gasteiger charge is 2.26. The molecule has 5 heteroatoms. The number of fused-ring (bicyclic) bond motifs is 1. The molecule has 2 aliphatic rings. The van der Waals surface area contributed by atoms with Gasteiger partial charge < -0.3 is 4.98 Å². The van der Waals surface area contributed by atoms with Crippen molar-refractivity contribution in [3.63, 3.8) is 0 Å². The summed E-state index contributed by atoms with van der Waals surface area (Å²) in [5.41, 5.74) is 5.02. The van der Waals surface area contributed by atoms with E-state index in [1.807, 2.05) is 6.92 Å². The maximum atomic E-state index is 4.53. The van der Waals surface area contributed by atoms with Crippen molar-refractivity contribution in [2.45, 2.75) is 45.2 Å². The van der Waals surface area contributed by atoms with E-state index < -0.39 is 0 Å².